The first-order valence-electron chi connectivity index (χ1n) is 7.24. The highest BCUT2D eigenvalue weighted by Crippen LogP contribution is 2.29. The fourth-order valence-electron chi connectivity index (χ4n) is 2.74. The number of amides is 1. The quantitative estimate of drug-likeness (QED) is 0.920. The first-order valence-corrected chi connectivity index (χ1v) is 7.24. The number of fused-ring (bicyclic) bond motifs is 1. The van der Waals surface area contributed by atoms with E-state index in [1.807, 2.05) is 24.1 Å². The van der Waals surface area contributed by atoms with Gasteiger partial charge in [-0.05, 0) is 43.5 Å². The number of benzene rings is 1. The van der Waals surface area contributed by atoms with Gasteiger partial charge in [0.25, 0.3) is 5.91 Å². The van der Waals surface area contributed by atoms with E-state index in [-0.39, 0.29) is 5.91 Å². The molecule has 0 radical (unpaired) electrons. The second-order valence-electron chi connectivity index (χ2n) is 5.37. The Kier molecular flexibility index (Phi) is 3.60. The van der Waals surface area contributed by atoms with Gasteiger partial charge in [0, 0.05) is 19.3 Å². The third kappa shape index (κ3) is 2.61. The van der Waals surface area contributed by atoms with Gasteiger partial charge in [0.1, 0.15) is 5.69 Å². The third-order valence-electron chi connectivity index (χ3n) is 3.87. The Morgan fingerprint density at radius 1 is 1.29 bits per heavy atom. The number of rotatable bonds is 2. The highest BCUT2D eigenvalue weighted by Gasteiger charge is 2.24. The van der Waals surface area contributed by atoms with Crippen molar-refractivity contribution in [2.24, 2.45) is 0 Å². The number of anilines is 2. The molecule has 108 valence electrons. The molecule has 0 spiro atoms. The third-order valence-corrected chi connectivity index (χ3v) is 3.87. The summed E-state index contributed by atoms with van der Waals surface area (Å²) in [6.07, 6.45) is 3.72. The lowest BCUT2D eigenvalue weighted by atomic mass is 9.99. The summed E-state index contributed by atoms with van der Waals surface area (Å²) in [4.78, 5) is 18.8. The number of nitrogens with zero attached hydrogens (tertiary/aromatic N) is 2. The van der Waals surface area contributed by atoms with Gasteiger partial charge >= 0.3 is 0 Å². The Labute approximate surface area is 124 Å². The molecule has 2 aromatic rings. The summed E-state index contributed by atoms with van der Waals surface area (Å²) >= 11 is 0. The average Bonchev–Trinajstić information content (AvgIpc) is 2.53. The van der Waals surface area contributed by atoms with E-state index in [4.69, 9.17) is 0 Å². The maximum atomic E-state index is 12.7. The van der Waals surface area contributed by atoms with Crippen LogP contribution in [-0.4, -0.2) is 24.5 Å². The van der Waals surface area contributed by atoms with Gasteiger partial charge in [-0.15, -0.1) is 0 Å². The summed E-state index contributed by atoms with van der Waals surface area (Å²) in [7, 11) is 1.84. The van der Waals surface area contributed by atoms with Crippen LogP contribution in [0.4, 0.5) is 11.4 Å². The molecular weight excluding hydrogens is 262 g/mol. The van der Waals surface area contributed by atoms with E-state index in [1.165, 1.54) is 11.1 Å². The minimum absolute atomic E-state index is 0.0255. The number of aryl methyl sites for hydroxylation is 2. The second-order valence-corrected chi connectivity index (χ2v) is 5.37. The highest BCUT2D eigenvalue weighted by molar-refractivity contribution is 6.05. The predicted octanol–water partition coefficient (Wildman–Crippen LogP) is 3.02. The molecular formula is C17H19N3O. The summed E-state index contributed by atoms with van der Waals surface area (Å²) in [6, 6.07) is 9.93. The molecule has 4 nitrogen and oxygen atoms in total. The topological polar surface area (TPSA) is 45.2 Å². The van der Waals surface area contributed by atoms with Gasteiger partial charge in [0.15, 0.2) is 0 Å². The van der Waals surface area contributed by atoms with E-state index < -0.39 is 0 Å². The molecule has 1 amide bonds. The monoisotopic (exact) mass is 281 g/mol. The van der Waals surface area contributed by atoms with E-state index in [9.17, 15) is 4.79 Å². The zero-order valence-electron chi connectivity index (χ0n) is 12.4. The second kappa shape index (κ2) is 5.56. The van der Waals surface area contributed by atoms with Crippen LogP contribution in [0.25, 0.3) is 0 Å². The summed E-state index contributed by atoms with van der Waals surface area (Å²) in [6.45, 7) is 2.84. The smallest absolute Gasteiger partial charge is 0.276 e. The molecule has 0 bridgehead atoms. The Morgan fingerprint density at radius 3 is 2.86 bits per heavy atom. The number of nitrogens with one attached hydrogen (secondary N) is 1. The van der Waals surface area contributed by atoms with Crippen molar-refractivity contribution in [3.05, 3.63) is 53.3 Å². The molecule has 0 fully saturated rings. The van der Waals surface area contributed by atoms with Crippen LogP contribution in [0.15, 0.2) is 36.5 Å². The Bertz CT molecular complexity index is 664. The van der Waals surface area contributed by atoms with Gasteiger partial charge in [-0.1, -0.05) is 17.7 Å². The largest absolute Gasteiger partial charge is 0.387 e. The number of hydrogen-bond donors (Lipinski definition) is 1. The molecule has 1 N–H and O–H groups in total. The lowest BCUT2D eigenvalue weighted by Gasteiger charge is -2.29. The minimum atomic E-state index is -0.0255. The number of hydrogen-bond acceptors (Lipinski definition) is 3. The normalized spacial score (nSPS) is 13.7. The van der Waals surface area contributed by atoms with Gasteiger partial charge in [0.05, 0.1) is 11.9 Å². The van der Waals surface area contributed by atoms with Gasteiger partial charge in [-0.25, -0.2) is 4.98 Å². The molecule has 1 aliphatic heterocycles. The number of carbonyl (C=O) groups is 1. The fourth-order valence-corrected chi connectivity index (χ4v) is 2.74. The molecule has 21 heavy (non-hydrogen) atoms. The summed E-state index contributed by atoms with van der Waals surface area (Å²) in [5.74, 6) is -0.0255. The summed E-state index contributed by atoms with van der Waals surface area (Å²) in [5.41, 5.74) is 4.90. The number of aromatic nitrogens is 1. The van der Waals surface area contributed by atoms with E-state index in [0.717, 1.165) is 30.8 Å². The van der Waals surface area contributed by atoms with Crippen LogP contribution < -0.4 is 10.2 Å². The van der Waals surface area contributed by atoms with Gasteiger partial charge in [-0.2, -0.15) is 0 Å². The van der Waals surface area contributed by atoms with Crippen molar-refractivity contribution < 1.29 is 4.79 Å². The van der Waals surface area contributed by atoms with Crippen molar-refractivity contribution >= 4 is 17.3 Å². The fraction of sp³-hybridized carbons (Fsp3) is 0.294. The average molecular weight is 281 g/mol. The SMILES string of the molecule is CNc1ccc(C(=O)N2CCCc3cc(C)ccc32)nc1. The molecule has 1 aromatic heterocycles. The van der Waals surface area contributed by atoms with Gasteiger partial charge < -0.3 is 10.2 Å². The molecule has 4 heteroatoms. The lowest BCUT2D eigenvalue weighted by molar-refractivity contribution is 0.0980. The van der Waals surface area contributed by atoms with Crippen LogP contribution >= 0.6 is 0 Å². The molecule has 0 saturated carbocycles. The molecule has 1 aliphatic rings. The first kappa shape index (κ1) is 13.6. The van der Waals surface area contributed by atoms with Crippen molar-refractivity contribution in [3.63, 3.8) is 0 Å². The summed E-state index contributed by atoms with van der Waals surface area (Å²) < 4.78 is 0. The van der Waals surface area contributed by atoms with Crippen molar-refractivity contribution in [1.29, 1.82) is 0 Å². The van der Waals surface area contributed by atoms with Crippen LogP contribution in [0.1, 0.15) is 28.0 Å². The summed E-state index contributed by atoms with van der Waals surface area (Å²) in [5, 5.41) is 3.01. The molecule has 0 unspecified atom stereocenters. The zero-order chi connectivity index (χ0) is 14.8. The Morgan fingerprint density at radius 2 is 2.14 bits per heavy atom. The minimum Gasteiger partial charge on any atom is -0.387 e. The molecule has 0 atom stereocenters. The van der Waals surface area contributed by atoms with Crippen LogP contribution in [0.2, 0.25) is 0 Å². The zero-order valence-corrected chi connectivity index (χ0v) is 12.4. The highest BCUT2D eigenvalue weighted by atomic mass is 16.2. The molecule has 3 rings (SSSR count). The van der Waals surface area contributed by atoms with E-state index in [0.29, 0.717) is 5.69 Å². The number of pyridine rings is 1. The lowest BCUT2D eigenvalue weighted by Crippen LogP contribution is -2.36. The van der Waals surface area contributed by atoms with Crippen molar-refractivity contribution in [2.75, 3.05) is 23.8 Å². The van der Waals surface area contributed by atoms with Crippen LogP contribution in [0.3, 0.4) is 0 Å². The maximum absolute atomic E-state index is 12.7. The predicted molar refractivity (Wildman–Crippen MR) is 85.0 cm³/mol. The van der Waals surface area contributed by atoms with Crippen molar-refractivity contribution in [3.8, 4) is 0 Å². The standard InChI is InChI=1S/C17H19N3O/c1-12-5-8-16-13(10-12)4-3-9-20(16)17(21)15-7-6-14(18-2)11-19-15/h5-8,10-11,18H,3-4,9H2,1-2H3. The first-order chi connectivity index (χ1) is 10.2. The van der Waals surface area contributed by atoms with E-state index in [1.54, 1.807) is 12.3 Å². The Balaban J connectivity index is 1.92. The van der Waals surface area contributed by atoms with Crippen LogP contribution in [-0.2, 0) is 6.42 Å². The van der Waals surface area contributed by atoms with Crippen molar-refractivity contribution in [1.82, 2.24) is 4.98 Å². The number of carbonyl (C=O) groups excluding carboxylic acids is 1. The van der Waals surface area contributed by atoms with Crippen LogP contribution in [0, 0.1) is 6.92 Å². The van der Waals surface area contributed by atoms with Gasteiger partial charge in [0.2, 0.25) is 0 Å². The van der Waals surface area contributed by atoms with E-state index in [2.05, 4.69) is 29.4 Å². The van der Waals surface area contributed by atoms with E-state index >= 15 is 0 Å². The Hall–Kier alpha value is -2.36. The van der Waals surface area contributed by atoms with Gasteiger partial charge in [-0.3, -0.25) is 4.79 Å². The van der Waals surface area contributed by atoms with Crippen molar-refractivity contribution in [2.45, 2.75) is 19.8 Å². The molecule has 1 aromatic carbocycles. The molecule has 0 aliphatic carbocycles. The molecule has 0 saturated heterocycles. The van der Waals surface area contributed by atoms with Crippen LogP contribution in [0.5, 0.6) is 0 Å². The molecule has 2 heterocycles. The maximum Gasteiger partial charge on any atom is 0.276 e.